The maximum absolute atomic E-state index is 4.21. The molecule has 0 spiro atoms. The molecule has 1 aromatic rings. The summed E-state index contributed by atoms with van der Waals surface area (Å²) in [6.45, 7) is 0. The number of hydrogen-bond donors (Lipinski definition) is 1. The Bertz CT molecular complexity index is 245. The average Bonchev–Trinajstić information content (AvgIpc) is 2.59. The zero-order valence-corrected chi connectivity index (χ0v) is 5.49. The van der Waals surface area contributed by atoms with E-state index in [1.54, 1.807) is 0 Å². The SMILES string of the molecule is C1=CC(c2ccc[nH]2)N=C1. The predicted octanol–water partition coefficient (Wildman–Crippen LogP) is 1.70. The van der Waals surface area contributed by atoms with Gasteiger partial charge in [-0.3, -0.25) is 4.99 Å². The third-order valence-electron chi connectivity index (χ3n) is 1.57. The van der Waals surface area contributed by atoms with Gasteiger partial charge in [0.05, 0.1) is 0 Å². The van der Waals surface area contributed by atoms with Crippen molar-refractivity contribution in [1.82, 2.24) is 4.98 Å². The van der Waals surface area contributed by atoms with Crippen LogP contribution in [0.2, 0.25) is 0 Å². The highest BCUT2D eigenvalue weighted by Crippen LogP contribution is 2.18. The van der Waals surface area contributed by atoms with Crippen LogP contribution in [-0.4, -0.2) is 11.2 Å². The topological polar surface area (TPSA) is 28.1 Å². The first-order chi connectivity index (χ1) is 4.97. The molecule has 2 nitrogen and oxygen atoms in total. The summed E-state index contributed by atoms with van der Waals surface area (Å²) in [6, 6.07) is 4.25. The summed E-state index contributed by atoms with van der Waals surface area (Å²) >= 11 is 0. The monoisotopic (exact) mass is 132 g/mol. The van der Waals surface area contributed by atoms with Gasteiger partial charge in [-0.15, -0.1) is 0 Å². The molecule has 50 valence electrons. The lowest BCUT2D eigenvalue weighted by atomic mass is 10.2. The van der Waals surface area contributed by atoms with E-state index in [0.717, 1.165) is 5.69 Å². The van der Waals surface area contributed by atoms with Crippen LogP contribution < -0.4 is 0 Å². The van der Waals surface area contributed by atoms with Crippen LogP contribution in [0.1, 0.15) is 11.7 Å². The Morgan fingerprint density at radius 1 is 1.50 bits per heavy atom. The van der Waals surface area contributed by atoms with Gasteiger partial charge in [0, 0.05) is 18.1 Å². The maximum atomic E-state index is 4.21. The van der Waals surface area contributed by atoms with Crippen LogP contribution in [0.4, 0.5) is 0 Å². The minimum absolute atomic E-state index is 0.231. The second-order valence-corrected chi connectivity index (χ2v) is 2.25. The third kappa shape index (κ3) is 0.778. The largest absolute Gasteiger partial charge is 0.363 e. The van der Waals surface area contributed by atoms with Crippen LogP contribution in [0, 0.1) is 0 Å². The number of H-pyrrole nitrogens is 1. The Balaban J connectivity index is 2.29. The summed E-state index contributed by atoms with van der Waals surface area (Å²) in [5, 5.41) is 0. The lowest BCUT2D eigenvalue weighted by Gasteiger charge is -1.98. The quantitative estimate of drug-likeness (QED) is 0.602. The smallest absolute Gasteiger partial charge is 0.108 e. The van der Waals surface area contributed by atoms with E-state index in [-0.39, 0.29) is 6.04 Å². The van der Waals surface area contributed by atoms with Gasteiger partial charge in [0.25, 0.3) is 0 Å². The first-order valence-corrected chi connectivity index (χ1v) is 3.30. The lowest BCUT2D eigenvalue weighted by Crippen LogP contribution is -1.86. The van der Waals surface area contributed by atoms with Crippen LogP contribution in [0.15, 0.2) is 35.5 Å². The van der Waals surface area contributed by atoms with Gasteiger partial charge in [0.1, 0.15) is 6.04 Å². The van der Waals surface area contributed by atoms with E-state index in [2.05, 4.69) is 16.1 Å². The molecule has 1 aliphatic rings. The van der Waals surface area contributed by atoms with Crippen molar-refractivity contribution in [3.05, 3.63) is 36.2 Å². The highest BCUT2D eigenvalue weighted by Gasteiger charge is 2.06. The third-order valence-corrected chi connectivity index (χ3v) is 1.57. The molecule has 2 rings (SSSR count). The number of aliphatic imine (C=N–C) groups is 1. The highest BCUT2D eigenvalue weighted by atomic mass is 14.8. The Kier molecular flexibility index (Phi) is 1.17. The van der Waals surface area contributed by atoms with Crippen molar-refractivity contribution in [2.75, 3.05) is 0 Å². The first kappa shape index (κ1) is 5.47. The van der Waals surface area contributed by atoms with Crippen molar-refractivity contribution in [1.29, 1.82) is 0 Å². The zero-order valence-electron chi connectivity index (χ0n) is 5.49. The molecule has 0 aliphatic carbocycles. The van der Waals surface area contributed by atoms with Gasteiger partial charge >= 0.3 is 0 Å². The zero-order chi connectivity index (χ0) is 6.81. The van der Waals surface area contributed by atoms with E-state index in [9.17, 15) is 0 Å². The number of nitrogens with one attached hydrogen (secondary N) is 1. The minimum atomic E-state index is 0.231. The number of aromatic nitrogens is 1. The summed E-state index contributed by atoms with van der Waals surface area (Å²) in [7, 11) is 0. The Morgan fingerprint density at radius 2 is 2.50 bits per heavy atom. The molecule has 0 saturated carbocycles. The van der Waals surface area contributed by atoms with Crippen molar-refractivity contribution in [2.45, 2.75) is 6.04 Å². The van der Waals surface area contributed by atoms with E-state index in [1.165, 1.54) is 0 Å². The van der Waals surface area contributed by atoms with Crippen LogP contribution in [0.5, 0.6) is 0 Å². The van der Waals surface area contributed by atoms with Gasteiger partial charge in [0.15, 0.2) is 0 Å². The van der Waals surface area contributed by atoms with Crippen LogP contribution in [-0.2, 0) is 0 Å². The molecular formula is C8H8N2. The Hall–Kier alpha value is -1.31. The van der Waals surface area contributed by atoms with Crippen molar-refractivity contribution in [2.24, 2.45) is 4.99 Å². The predicted molar refractivity (Wildman–Crippen MR) is 41.2 cm³/mol. The van der Waals surface area contributed by atoms with Crippen molar-refractivity contribution in [3.63, 3.8) is 0 Å². The van der Waals surface area contributed by atoms with E-state index in [4.69, 9.17) is 0 Å². The molecule has 0 bridgehead atoms. The molecule has 1 unspecified atom stereocenters. The van der Waals surface area contributed by atoms with E-state index < -0.39 is 0 Å². The molecule has 2 heterocycles. The fourth-order valence-corrected chi connectivity index (χ4v) is 1.06. The van der Waals surface area contributed by atoms with Gasteiger partial charge in [-0.25, -0.2) is 0 Å². The molecular weight excluding hydrogens is 124 g/mol. The number of hydrogen-bond acceptors (Lipinski definition) is 1. The summed E-state index contributed by atoms with van der Waals surface area (Å²) < 4.78 is 0. The standard InChI is InChI=1S/C8H8N2/c1-3-7(9-5-1)8-4-2-6-10-8/h1-7,10H. The highest BCUT2D eigenvalue weighted by molar-refractivity contribution is 5.74. The molecule has 2 heteroatoms. The molecule has 0 saturated heterocycles. The molecule has 1 aromatic heterocycles. The fraction of sp³-hybridized carbons (Fsp3) is 0.125. The fourth-order valence-electron chi connectivity index (χ4n) is 1.06. The van der Waals surface area contributed by atoms with E-state index in [0.29, 0.717) is 0 Å². The molecule has 0 radical (unpaired) electrons. The first-order valence-electron chi connectivity index (χ1n) is 3.30. The van der Waals surface area contributed by atoms with Crippen molar-refractivity contribution < 1.29 is 0 Å². The summed E-state index contributed by atoms with van der Waals surface area (Å²) in [4.78, 5) is 7.32. The summed E-state index contributed by atoms with van der Waals surface area (Å²) in [5.74, 6) is 0. The second kappa shape index (κ2) is 2.14. The van der Waals surface area contributed by atoms with Gasteiger partial charge in [-0.2, -0.15) is 0 Å². The van der Waals surface area contributed by atoms with E-state index in [1.807, 2.05) is 30.6 Å². The van der Waals surface area contributed by atoms with Gasteiger partial charge < -0.3 is 4.98 Å². The van der Waals surface area contributed by atoms with Crippen molar-refractivity contribution >= 4 is 6.21 Å². The molecule has 0 fully saturated rings. The average molecular weight is 132 g/mol. The molecule has 1 N–H and O–H groups in total. The Morgan fingerprint density at radius 3 is 3.10 bits per heavy atom. The second-order valence-electron chi connectivity index (χ2n) is 2.25. The molecule has 0 amide bonds. The van der Waals surface area contributed by atoms with Gasteiger partial charge in [0.2, 0.25) is 0 Å². The number of rotatable bonds is 1. The van der Waals surface area contributed by atoms with Crippen LogP contribution in [0.3, 0.4) is 0 Å². The molecule has 1 aliphatic heterocycles. The van der Waals surface area contributed by atoms with Gasteiger partial charge in [-0.05, 0) is 18.2 Å². The number of nitrogens with zero attached hydrogens (tertiary/aromatic N) is 1. The molecule has 0 aromatic carbocycles. The summed E-state index contributed by atoms with van der Waals surface area (Å²) in [5.41, 5.74) is 1.16. The lowest BCUT2D eigenvalue weighted by molar-refractivity contribution is 0.895. The van der Waals surface area contributed by atoms with Crippen molar-refractivity contribution in [3.8, 4) is 0 Å². The van der Waals surface area contributed by atoms with Crippen LogP contribution in [0.25, 0.3) is 0 Å². The normalized spacial score (nSPS) is 22.2. The Labute approximate surface area is 59.3 Å². The molecule has 10 heavy (non-hydrogen) atoms. The van der Waals surface area contributed by atoms with Crippen LogP contribution >= 0.6 is 0 Å². The summed E-state index contributed by atoms with van der Waals surface area (Å²) in [6.07, 6.45) is 7.76. The van der Waals surface area contributed by atoms with E-state index >= 15 is 0 Å². The number of aromatic amines is 1. The van der Waals surface area contributed by atoms with Gasteiger partial charge in [-0.1, -0.05) is 6.08 Å². The number of allylic oxidation sites excluding steroid dienone is 1. The minimum Gasteiger partial charge on any atom is -0.363 e. The molecule has 1 atom stereocenters. The maximum Gasteiger partial charge on any atom is 0.108 e.